The zero-order chi connectivity index (χ0) is 15.0. The summed E-state index contributed by atoms with van der Waals surface area (Å²) in [7, 11) is 0. The number of carboxylic acids is 1. The van der Waals surface area contributed by atoms with Crippen LogP contribution in [0.2, 0.25) is 0 Å². The van der Waals surface area contributed by atoms with Crippen LogP contribution in [-0.4, -0.2) is 15.6 Å². The number of aromatic nitrogens is 1. The Morgan fingerprint density at radius 1 is 1.14 bits per heavy atom. The minimum absolute atomic E-state index is 0.347. The number of nitrogens with zero attached hydrogens (tertiary/aromatic N) is 1. The van der Waals surface area contributed by atoms with E-state index >= 15 is 0 Å². The molecule has 0 saturated heterocycles. The Bertz CT molecular complexity index is 800. The summed E-state index contributed by atoms with van der Waals surface area (Å²) in [4.78, 5) is 11.4. The molecule has 106 valence electrons. The predicted octanol–water partition coefficient (Wildman–Crippen LogP) is 4.52. The lowest BCUT2D eigenvalue weighted by atomic mass is 10.1. The van der Waals surface area contributed by atoms with Crippen molar-refractivity contribution in [3.8, 4) is 16.3 Å². The van der Waals surface area contributed by atoms with Crippen LogP contribution in [0.15, 0.2) is 47.8 Å². The van der Waals surface area contributed by atoms with Crippen LogP contribution in [-0.2, 0) is 0 Å². The van der Waals surface area contributed by atoms with Crippen molar-refractivity contribution in [3.05, 3.63) is 64.7 Å². The Morgan fingerprint density at radius 2 is 1.86 bits per heavy atom. The number of benzene rings is 1. The molecule has 0 aliphatic heterocycles. The van der Waals surface area contributed by atoms with Crippen LogP contribution < -0.4 is 0 Å². The average molecular weight is 297 g/mol. The third-order valence-electron chi connectivity index (χ3n) is 3.48. The molecule has 0 bridgehead atoms. The molecule has 0 aliphatic rings. The van der Waals surface area contributed by atoms with Gasteiger partial charge in [0.2, 0.25) is 0 Å². The molecule has 4 heteroatoms. The third kappa shape index (κ3) is 2.38. The van der Waals surface area contributed by atoms with Gasteiger partial charge in [0.25, 0.3) is 0 Å². The first-order valence-corrected chi connectivity index (χ1v) is 7.52. The molecule has 0 saturated carbocycles. The molecular weight excluding hydrogens is 282 g/mol. The standard InChI is InChI=1S/C17H15NO2S/c1-11-8-16(21-10-11)18-12(2)14(17(19)20)9-15(18)13-6-4-3-5-7-13/h3-10H,1-2H3,(H,19,20). The van der Waals surface area contributed by atoms with Gasteiger partial charge < -0.3 is 9.67 Å². The van der Waals surface area contributed by atoms with Crippen molar-refractivity contribution in [1.29, 1.82) is 0 Å². The number of rotatable bonds is 3. The molecule has 0 spiro atoms. The zero-order valence-corrected chi connectivity index (χ0v) is 12.6. The molecule has 1 aromatic carbocycles. The summed E-state index contributed by atoms with van der Waals surface area (Å²) >= 11 is 1.62. The smallest absolute Gasteiger partial charge is 0.337 e. The van der Waals surface area contributed by atoms with Crippen molar-refractivity contribution in [2.24, 2.45) is 0 Å². The molecule has 0 radical (unpaired) electrons. The van der Waals surface area contributed by atoms with Gasteiger partial charge in [0, 0.05) is 5.69 Å². The van der Waals surface area contributed by atoms with Crippen molar-refractivity contribution < 1.29 is 9.90 Å². The van der Waals surface area contributed by atoms with E-state index in [1.54, 1.807) is 17.4 Å². The quantitative estimate of drug-likeness (QED) is 0.772. The van der Waals surface area contributed by atoms with Gasteiger partial charge in [-0.25, -0.2) is 4.79 Å². The first-order chi connectivity index (χ1) is 10.1. The van der Waals surface area contributed by atoms with E-state index in [0.717, 1.165) is 22.0 Å². The summed E-state index contributed by atoms with van der Waals surface area (Å²) in [5.74, 6) is -0.892. The molecule has 0 unspecified atom stereocenters. The number of hydrogen-bond donors (Lipinski definition) is 1. The van der Waals surface area contributed by atoms with Gasteiger partial charge in [-0.05, 0) is 42.5 Å². The summed E-state index contributed by atoms with van der Waals surface area (Å²) < 4.78 is 2.02. The SMILES string of the molecule is Cc1csc(-n2c(-c3ccccc3)cc(C(=O)O)c2C)c1. The summed E-state index contributed by atoms with van der Waals surface area (Å²) in [6.07, 6.45) is 0. The fourth-order valence-corrected chi connectivity index (χ4v) is 3.43. The van der Waals surface area contributed by atoms with Gasteiger partial charge in [-0.15, -0.1) is 11.3 Å². The number of hydrogen-bond acceptors (Lipinski definition) is 2. The Labute approximate surface area is 127 Å². The summed E-state index contributed by atoms with van der Waals surface area (Å²) in [6.45, 7) is 3.89. The van der Waals surface area contributed by atoms with E-state index in [0.29, 0.717) is 5.56 Å². The minimum Gasteiger partial charge on any atom is -0.478 e. The van der Waals surface area contributed by atoms with Crippen molar-refractivity contribution in [1.82, 2.24) is 4.57 Å². The maximum atomic E-state index is 11.4. The number of thiophene rings is 1. The number of aryl methyl sites for hydroxylation is 1. The van der Waals surface area contributed by atoms with E-state index in [1.165, 1.54) is 5.56 Å². The molecule has 3 nitrogen and oxygen atoms in total. The van der Waals surface area contributed by atoms with Crippen LogP contribution in [0.25, 0.3) is 16.3 Å². The lowest BCUT2D eigenvalue weighted by Gasteiger charge is -2.09. The molecule has 0 fully saturated rings. The van der Waals surface area contributed by atoms with E-state index in [2.05, 4.69) is 11.4 Å². The van der Waals surface area contributed by atoms with Crippen LogP contribution in [0.1, 0.15) is 21.6 Å². The Hall–Kier alpha value is -2.33. The normalized spacial score (nSPS) is 10.8. The molecule has 21 heavy (non-hydrogen) atoms. The van der Waals surface area contributed by atoms with Crippen molar-refractivity contribution in [2.75, 3.05) is 0 Å². The Morgan fingerprint density at radius 3 is 2.43 bits per heavy atom. The van der Waals surface area contributed by atoms with Crippen LogP contribution in [0.3, 0.4) is 0 Å². The molecular formula is C17H15NO2S. The molecule has 0 aliphatic carbocycles. The highest BCUT2D eigenvalue weighted by atomic mass is 32.1. The average Bonchev–Trinajstić information content (AvgIpc) is 3.03. The maximum Gasteiger partial charge on any atom is 0.337 e. The van der Waals surface area contributed by atoms with Gasteiger partial charge >= 0.3 is 5.97 Å². The molecule has 2 heterocycles. The maximum absolute atomic E-state index is 11.4. The second-order valence-corrected chi connectivity index (χ2v) is 5.89. The number of aromatic carboxylic acids is 1. The molecule has 3 rings (SSSR count). The zero-order valence-electron chi connectivity index (χ0n) is 11.8. The van der Waals surface area contributed by atoms with E-state index in [-0.39, 0.29) is 0 Å². The predicted molar refractivity (Wildman–Crippen MR) is 85.5 cm³/mol. The molecule has 0 atom stereocenters. The van der Waals surface area contributed by atoms with Gasteiger partial charge in [0.05, 0.1) is 16.3 Å². The van der Waals surface area contributed by atoms with Gasteiger partial charge in [-0.1, -0.05) is 30.3 Å². The monoisotopic (exact) mass is 297 g/mol. The Kier molecular flexibility index (Phi) is 3.39. The molecule has 2 aromatic heterocycles. The van der Waals surface area contributed by atoms with Crippen LogP contribution >= 0.6 is 11.3 Å². The highest BCUT2D eigenvalue weighted by molar-refractivity contribution is 7.12. The summed E-state index contributed by atoms with van der Waals surface area (Å²) in [5.41, 5.74) is 4.20. The first-order valence-electron chi connectivity index (χ1n) is 6.64. The van der Waals surface area contributed by atoms with Crippen molar-refractivity contribution in [2.45, 2.75) is 13.8 Å². The van der Waals surface area contributed by atoms with Crippen LogP contribution in [0, 0.1) is 13.8 Å². The van der Waals surface area contributed by atoms with E-state index in [1.807, 2.05) is 48.7 Å². The fourth-order valence-electron chi connectivity index (χ4n) is 2.46. The topological polar surface area (TPSA) is 42.2 Å². The van der Waals surface area contributed by atoms with E-state index in [4.69, 9.17) is 0 Å². The van der Waals surface area contributed by atoms with Gasteiger partial charge in [-0.3, -0.25) is 0 Å². The van der Waals surface area contributed by atoms with E-state index in [9.17, 15) is 9.90 Å². The second kappa shape index (κ2) is 5.22. The lowest BCUT2D eigenvalue weighted by Crippen LogP contribution is -2.01. The lowest BCUT2D eigenvalue weighted by molar-refractivity contribution is 0.0696. The summed E-state index contributed by atoms with van der Waals surface area (Å²) in [5, 5.41) is 12.5. The number of carbonyl (C=O) groups is 1. The van der Waals surface area contributed by atoms with Crippen LogP contribution in [0.5, 0.6) is 0 Å². The Balaban J connectivity index is 2.28. The van der Waals surface area contributed by atoms with Crippen molar-refractivity contribution in [3.63, 3.8) is 0 Å². The largest absolute Gasteiger partial charge is 0.478 e. The van der Waals surface area contributed by atoms with E-state index < -0.39 is 5.97 Å². The fraction of sp³-hybridized carbons (Fsp3) is 0.118. The highest BCUT2D eigenvalue weighted by Crippen LogP contribution is 2.32. The highest BCUT2D eigenvalue weighted by Gasteiger charge is 2.19. The molecule has 1 N–H and O–H groups in total. The summed E-state index contributed by atoms with van der Waals surface area (Å²) in [6, 6.07) is 13.7. The third-order valence-corrected chi connectivity index (χ3v) is 4.52. The van der Waals surface area contributed by atoms with Gasteiger partial charge in [-0.2, -0.15) is 0 Å². The van der Waals surface area contributed by atoms with Gasteiger partial charge in [0.15, 0.2) is 0 Å². The first kappa shape index (κ1) is 13.6. The van der Waals surface area contributed by atoms with Crippen LogP contribution in [0.4, 0.5) is 0 Å². The second-order valence-electron chi connectivity index (χ2n) is 5.00. The van der Waals surface area contributed by atoms with Gasteiger partial charge in [0.1, 0.15) is 0 Å². The molecule has 0 amide bonds. The molecule has 3 aromatic rings. The number of carboxylic acid groups (broad SMARTS) is 1. The van der Waals surface area contributed by atoms with Crippen molar-refractivity contribution >= 4 is 17.3 Å². The minimum atomic E-state index is -0.892.